The van der Waals surface area contributed by atoms with Crippen molar-refractivity contribution >= 4 is 39.0 Å². The van der Waals surface area contributed by atoms with Crippen LogP contribution in [0.5, 0.6) is 5.75 Å². The number of aliphatic carboxylic acids is 1. The number of hydrogen-bond acceptors (Lipinski definition) is 6. The molecule has 0 saturated carbocycles. The number of hydrogen-bond donors (Lipinski definition) is 2. The molecule has 0 aliphatic rings. The van der Waals surface area contributed by atoms with E-state index in [-0.39, 0.29) is 6.42 Å². The highest BCUT2D eigenvalue weighted by Gasteiger charge is 2.17. The molecule has 4 aromatic rings. The largest absolute Gasteiger partial charge is 0.494 e. The zero-order valence-corrected chi connectivity index (χ0v) is 17.5. The first-order chi connectivity index (χ1) is 14.5. The van der Waals surface area contributed by atoms with Gasteiger partial charge < -0.3 is 15.2 Å². The van der Waals surface area contributed by atoms with Gasteiger partial charge in [-0.25, -0.2) is 9.97 Å². The normalized spacial score (nSPS) is 10.9. The Morgan fingerprint density at radius 1 is 1.10 bits per heavy atom. The number of thiophene rings is 1. The van der Waals surface area contributed by atoms with Crippen LogP contribution in [0.1, 0.15) is 17.4 Å². The maximum atomic E-state index is 10.9. The molecule has 30 heavy (non-hydrogen) atoms. The number of rotatable bonds is 7. The number of benzene rings is 2. The van der Waals surface area contributed by atoms with Crippen molar-refractivity contribution in [1.29, 1.82) is 0 Å². The maximum Gasteiger partial charge on any atom is 0.307 e. The van der Waals surface area contributed by atoms with Crippen molar-refractivity contribution in [3.05, 3.63) is 65.3 Å². The second-order valence-electron chi connectivity index (χ2n) is 6.79. The predicted molar refractivity (Wildman–Crippen MR) is 120 cm³/mol. The van der Waals surface area contributed by atoms with Gasteiger partial charge in [0.2, 0.25) is 0 Å². The minimum absolute atomic E-state index is 0.00362. The molecule has 0 spiro atoms. The number of aryl methyl sites for hydroxylation is 1. The van der Waals surface area contributed by atoms with Gasteiger partial charge in [-0.2, -0.15) is 0 Å². The zero-order valence-electron chi connectivity index (χ0n) is 16.7. The average Bonchev–Trinajstić information content (AvgIpc) is 3.07. The minimum atomic E-state index is -0.845. The van der Waals surface area contributed by atoms with Gasteiger partial charge in [0, 0.05) is 16.1 Å². The second-order valence-corrected chi connectivity index (χ2v) is 7.99. The molecule has 2 N–H and O–H groups in total. The number of aromatic nitrogens is 2. The predicted octanol–water partition coefficient (Wildman–Crippen LogP) is 5.44. The number of anilines is 2. The van der Waals surface area contributed by atoms with E-state index in [0.29, 0.717) is 6.61 Å². The number of carboxylic acids is 1. The highest BCUT2D eigenvalue weighted by atomic mass is 32.1. The van der Waals surface area contributed by atoms with Crippen LogP contribution in [0.2, 0.25) is 0 Å². The van der Waals surface area contributed by atoms with Crippen molar-refractivity contribution in [2.75, 3.05) is 11.9 Å². The van der Waals surface area contributed by atoms with Gasteiger partial charge in [-0.05, 0) is 49.2 Å². The number of carboxylic acid groups (broad SMARTS) is 1. The fourth-order valence-electron chi connectivity index (χ4n) is 3.39. The summed E-state index contributed by atoms with van der Waals surface area (Å²) in [5.41, 5.74) is 3.77. The van der Waals surface area contributed by atoms with E-state index in [1.165, 1.54) is 0 Å². The van der Waals surface area contributed by atoms with Crippen molar-refractivity contribution in [2.45, 2.75) is 20.3 Å². The van der Waals surface area contributed by atoms with Gasteiger partial charge in [0.05, 0.1) is 18.4 Å². The fourth-order valence-corrected chi connectivity index (χ4v) is 4.40. The SMILES string of the molecule is CCOc1ccc(-c2c(C)sc3ncnc(Nc4ccc(CC(=O)O)cc4)c23)cc1. The molecule has 0 radical (unpaired) electrons. The van der Waals surface area contributed by atoms with E-state index >= 15 is 0 Å². The number of nitrogens with one attached hydrogen (secondary N) is 1. The summed E-state index contributed by atoms with van der Waals surface area (Å²) < 4.78 is 5.56. The molecular weight excluding hydrogens is 398 g/mol. The second kappa shape index (κ2) is 8.51. The fraction of sp³-hybridized carbons (Fsp3) is 0.174. The third-order valence-corrected chi connectivity index (χ3v) is 5.70. The van der Waals surface area contributed by atoms with Crippen molar-refractivity contribution in [2.24, 2.45) is 0 Å². The highest BCUT2D eigenvalue weighted by Crippen LogP contribution is 2.41. The maximum absolute atomic E-state index is 10.9. The molecule has 152 valence electrons. The summed E-state index contributed by atoms with van der Waals surface area (Å²) in [6.45, 7) is 4.68. The molecule has 2 aromatic heterocycles. The van der Waals surface area contributed by atoms with Crippen LogP contribution < -0.4 is 10.1 Å². The quantitative estimate of drug-likeness (QED) is 0.415. The Bertz CT molecular complexity index is 1190. The number of ether oxygens (including phenoxy) is 1. The molecular formula is C23H21N3O3S. The monoisotopic (exact) mass is 419 g/mol. The van der Waals surface area contributed by atoms with Crippen LogP contribution in [-0.4, -0.2) is 27.7 Å². The van der Waals surface area contributed by atoms with Crippen LogP contribution in [0.4, 0.5) is 11.5 Å². The standard InChI is InChI=1S/C23H21N3O3S/c1-3-29-18-10-6-16(7-11-18)20-14(2)30-23-21(20)22(24-13-25-23)26-17-8-4-15(5-9-17)12-19(27)28/h4-11,13H,3,12H2,1-2H3,(H,27,28)(H,24,25,26). The molecule has 0 bridgehead atoms. The molecule has 7 heteroatoms. The first kappa shape index (κ1) is 19.8. The summed E-state index contributed by atoms with van der Waals surface area (Å²) in [6.07, 6.45) is 1.56. The Kier molecular flexibility index (Phi) is 5.63. The lowest BCUT2D eigenvalue weighted by Gasteiger charge is -2.10. The van der Waals surface area contributed by atoms with Gasteiger partial charge in [0.1, 0.15) is 22.7 Å². The van der Waals surface area contributed by atoms with Gasteiger partial charge in [-0.1, -0.05) is 24.3 Å². The van der Waals surface area contributed by atoms with E-state index in [4.69, 9.17) is 9.84 Å². The third-order valence-electron chi connectivity index (χ3n) is 4.69. The summed E-state index contributed by atoms with van der Waals surface area (Å²) in [5, 5.41) is 13.3. The lowest BCUT2D eigenvalue weighted by atomic mass is 10.0. The molecule has 4 rings (SSSR count). The van der Waals surface area contributed by atoms with Crippen molar-refractivity contribution in [3.8, 4) is 16.9 Å². The van der Waals surface area contributed by atoms with Crippen LogP contribution >= 0.6 is 11.3 Å². The van der Waals surface area contributed by atoms with E-state index in [2.05, 4.69) is 34.3 Å². The third kappa shape index (κ3) is 4.11. The molecule has 0 unspecified atom stereocenters. The molecule has 0 aliphatic carbocycles. The molecule has 0 amide bonds. The van der Waals surface area contributed by atoms with Crippen LogP contribution in [0, 0.1) is 6.92 Å². The van der Waals surface area contributed by atoms with Crippen molar-refractivity contribution in [3.63, 3.8) is 0 Å². The lowest BCUT2D eigenvalue weighted by molar-refractivity contribution is -0.136. The Labute approximate surface area is 178 Å². The molecule has 2 aromatic carbocycles. The Morgan fingerprint density at radius 2 is 1.83 bits per heavy atom. The molecule has 0 atom stereocenters. The van der Waals surface area contributed by atoms with Gasteiger partial charge in [-0.15, -0.1) is 11.3 Å². The summed E-state index contributed by atoms with van der Waals surface area (Å²) >= 11 is 1.63. The van der Waals surface area contributed by atoms with Crippen LogP contribution in [0.15, 0.2) is 54.9 Å². The van der Waals surface area contributed by atoms with Gasteiger partial charge in [-0.3, -0.25) is 4.79 Å². The average molecular weight is 420 g/mol. The summed E-state index contributed by atoms with van der Waals surface area (Å²) in [7, 11) is 0. The molecule has 0 aliphatic heterocycles. The van der Waals surface area contributed by atoms with Crippen molar-refractivity contribution < 1.29 is 14.6 Å². The Hall–Kier alpha value is -3.45. The van der Waals surface area contributed by atoms with Crippen LogP contribution in [-0.2, 0) is 11.2 Å². The first-order valence-corrected chi connectivity index (χ1v) is 10.4. The highest BCUT2D eigenvalue weighted by molar-refractivity contribution is 7.19. The molecule has 0 saturated heterocycles. The van der Waals surface area contributed by atoms with Gasteiger partial charge >= 0.3 is 5.97 Å². The van der Waals surface area contributed by atoms with E-state index in [1.54, 1.807) is 29.8 Å². The Morgan fingerprint density at radius 3 is 2.50 bits per heavy atom. The van der Waals surface area contributed by atoms with Crippen molar-refractivity contribution in [1.82, 2.24) is 9.97 Å². The van der Waals surface area contributed by atoms with Gasteiger partial charge in [0.25, 0.3) is 0 Å². The van der Waals surface area contributed by atoms with Crippen LogP contribution in [0.25, 0.3) is 21.3 Å². The van der Waals surface area contributed by atoms with E-state index in [9.17, 15) is 4.79 Å². The Balaban J connectivity index is 1.71. The minimum Gasteiger partial charge on any atom is -0.494 e. The zero-order chi connectivity index (χ0) is 21.1. The lowest BCUT2D eigenvalue weighted by Crippen LogP contribution is -2.00. The topological polar surface area (TPSA) is 84.3 Å². The number of carbonyl (C=O) groups is 1. The van der Waals surface area contributed by atoms with Crippen LogP contribution in [0.3, 0.4) is 0 Å². The molecule has 2 heterocycles. The molecule has 0 fully saturated rings. The first-order valence-electron chi connectivity index (χ1n) is 9.60. The number of nitrogens with zero attached hydrogens (tertiary/aromatic N) is 2. The van der Waals surface area contributed by atoms with E-state index in [1.807, 2.05) is 31.2 Å². The summed E-state index contributed by atoms with van der Waals surface area (Å²) in [5.74, 6) is 0.718. The van der Waals surface area contributed by atoms with Gasteiger partial charge in [0.15, 0.2) is 0 Å². The van der Waals surface area contributed by atoms with E-state index < -0.39 is 5.97 Å². The molecule has 6 nitrogen and oxygen atoms in total. The summed E-state index contributed by atoms with van der Waals surface area (Å²) in [4.78, 5) is 21.9. The number of fused-ring (bicyclic) bond motifs is 1. The summed E-state index contributed by atoms with van der Waals surface area (Å²) in [6, 6.07) is 15.4. The smallest absolute Gasteiger partial charge is 0.307 e. The van der Waals surface area contributed by atoms with E-state index in [0.717, 1.165) is 49.0 Å².